The van der Waals surface area contributed by atoms with Gasteiger partial charge in [0.05, 0.1) is 28.4 Å². The van der Waals surface area contributed by atoms with Crippen molar-refractivity contribution in [2.45, 2.75) is 0 Å². The Kier molecular flexibility index (Phi) is 4.62. The number of ether oxygens (including phenoxy) is 4. The Morgan fingerprint density at radius 2 is 1.65 bits per heavy atom. The molecule has 26 heavy (non-hydrogen) atoms. The van der Waals surface area contributed by atoms with Crippen molar-refractivity contribution < 1.29 is 28.5 Å². The molecule has 0 aliphatic carbocycles. The van der Waals surface area contributed by atoms with Crippen LogP contribution in [0.5, 0.6) is 28.7 Å². The highest BCUT2D eigenvalue weighted by Crippen LogP contribution is 2.44. The molecule has 0 aliphatic heterocycles. The third-order valence-corrected chi connectivity index (χ3v) is 3.99. The molecule has 0 aliphatic rings. The number of hydrogen-bond donors (Lipinski definition) is 1. The molecule has 7 heteroatoms. The van der Waals surface area contributed by atoms with Gasteiger partial charge in [-0.2, -0.15) is 0 Å². The van der Waals surface area contributed by atoms with E-state index in [0.717, 1.165) is 0 Å². The predicted octanol–water partition coefficient (Wildman–Crippen LogP) is 3.20. The van der Waals surface area contributed by atoms with Gasteiger partial charge in [0.1, 0.15) is 16.7 Å². The van der Waals surface area contributed by atoms with Crippen LogP contribution in [0.15, 0.2) is 39.5 Å². The van der Waals surface area contributed by atoms with Crippen molar-refractivity contribution in [3.05, 3.63) is 40.6 Å². The lowest BCUT2D eigenvalue weighted by Crippen LogP contribution is -2.06. The van der Waals surface area contributed by atoms with E-state index in [-0.39, 0.29) is 28.2 Å². The van der Waals surface area contributed by atoms with E-state index in [4.69, 9.17) is 23.4 Å². The fraction of sp³-hybridized carbons (Fsp3) is 0.211. The predicted molar refractivity (Wildman–Crippen MR) is 95.8 cm³/mol. The first-order valence-electron chi connectivity index (χ1n) is 7.68. The molecule has 7 nitrogen and oxygen atoms in total. The first-order valence-corrected chi connectivity index (χ1v) is 7.68. The van der Waals surface area contributed by atoms with E-state index in [1.807, 2.05) is 0 Å². The summed E-state index contributed by atoms with van der Waals surface area (Å²) in [5.41, 5.74) is 0.0524. The first kappa shape index (κ1) is 17.5. The van der Waals surface area contributed by atoms with Gasteiger partial charge in [-0.15, -0.1) is 0 Å². The van der Waals surface area contributed by atoms with Crippen LogP contribution in [0.1, 0.15) is 0 Å². The summed E-state index contributed by atoms with van der Waals surface area (Å²) in [6, 6.07) is 8.34. The summed E-state index contributed by atoms with van der Waals surface area (Å²) in [5, 5.41) is 10.5. The fourth-order valence-electron chi connectivity index (χ4n) is 2.77. The summed E-state index contributed by atoms with van der Waals surface area (Å²) in [4.78, 5) is 12.8. The van der Waals surface area contributed by atoms with Crippen molar-refractivity contribution in [1.29, 1.82) is 0 Å². The second kappa shape index (κ2) is 6.87. The van der Waals surface area contributed by atoms with Crippen LogP contribution in [0.3, 0.4) is 0 Å². The van der Waals surface area contributed by atoms with Crippen LogP contribution in [-0.2, 0) is 0 Å². The van der Waals surface area contributed by atoms with Gasteiger partial charge in [0.2, 0.25) is 16.9 Å². The normalized spacial score (nSPS) is 10.6. The van der Waals surface area contributed by atoms with Gasteiger partial charge >= 0.3 is 0 Å². The average Bonchev–Trinajstić information content (AvgIpc) is 2.68. The van der Waals surface area contributed by atoms with E-state index >= 15 is 0 Å². The average molecular weight is 358 g/mol. The van der Waals surface area contributed by atoms with Crippen molar-refractivity contribution >= 4 is 11.0 Å². The standard InChI is InChI=1S/C19H18O7/c1-22-11-7-5-6-10(8-11)17-16(21)15(20)14-12(26-17)9-13(23-2)18(24-3)19(14)25-4/h5-9,21H,1-4H3. The highest BCUT2D eigenvalue weighted by molar-refractivity contribution is 5.91. The Morgan fingerprint density at radius 3 is 2.27 bits per heavy atom. The molecule has 0 saturated heterocycles. The van der Waals surface area contributed by atoms with Gasteiger partial charge in [0, 0.05) is 11.6 Å². The third-order valence-electron chi connectivity index (χ3n) is 3.99. The zero-order valence-electron chi connectivity index (χ0n) is 14.8. The number of hydrogen-bond acceptors (Lipinski definition) is 7. The number of benzene rings is 2. The number of aromatic hydroxyl groups is 1. The highest BCUT2D eigenvalue weighted by Gasteiger charge is 2.24. The largest absolute Gasteiger partial charge is 0.502 e. The van der Waals surface area contributed by atoms with Crippen LogP contribution in [0, 0.1) is 0 Å². The second-order valence-corrected chi connectivity index (χ2v) is 5.36. The quantitative estimate of drug-likeness (QED) is 0.749. The smallest absolute Gasteiger partial charge is 0.238 e. The Balaban J connectivity index is 2.39. The van der Waals surface area contributed by atoms with Crippen LogP contribution in [0.25, 0.3) is 22.3 Å². The van der Waals surface area contributed by atoms with Crippen molar-refractivity contribution in [3.63, 3.8) is 0 Å². The molecule has 2 aromatic carbocycles. The van der Waals surface area contributed by atoms with Crippen molar-refractivity contribution in [1.82, 2.24) is 0 Å². The number of fused-ring (bicyclic) bond motifs is 1. The van der Waals surface area contributed by atoms with Crippen LogP contribution in [0.4, 0.5) is 0 Å². The van der Waals surface area contributed by atoms with Gasteiger partial charge in [-0.1, -0.05) is 12.1 Å². The lowest BCUT2D eigenvalue weighted by molar-refractivity contribution is 0.326. The zero-order chi connectivity index (χ0) is 18.8. The second-order valence-electron chi connectivity index (χ2n) is 5.36. The molecule has 1 heterocycles. The topological polar surface area (TPSA) is 87.4 Å². The summed E-state index contributed by atoms with van der Waals surface area (Å²) in [6.07, 6.45) is 0. The summed E-state index contributed by atoms with van der Waals surface area (Å²) in [6.45, 7) is 0. The first-order chi connectivity index (χ1) is 12.5. The van der Waals surface area contributed by atoms with Gasteiger partial charge in [-0.05, 0) is 12.1 Å². The highest BCUT2D eigenvalue weighted by atomic mass is 16.5. The number of rotatable bonds is 5. The van der Waals surface area contributed by atoms with E-state index in [0.29, 0.717) is 17.1 Å². The Morgan fingerprint density at radius 1 is 0.923 bits per heavy atom. The third kappa shape index (κ3) is 2.67. The van der Waals surface area contributed by atoms with E-state index < -0.39 is 11.2 Å². The molecule has 0 bridgehead atoms. The molecule has 0 atom stereocenters. The van der Waals surface area contributed by atoms with Gasteiger partial charge in [-0.25, -0.2) is 0 Å². The molecule has 1 N–H and O–H groups in total. The molecule has 0 radical (unpaired) electrons. The summed E-state index contributed by atoms with van der Waals surface area (Å²) >= 11 is 0. The molecule has 136 valence electrons. The molecular weight excluding hydrogens is 340 g/mol. The van der Waals surface area contributed by atoms with Gasteiger partial charge in [0.25, 0.3) is 0 Å². The molecule has 3 aromatic rings. The van der Waals surface area contributed by atoms with Crippen LogP contribution < -0.4 is 24.4 Å². The molecular formula is C19H18O7. The lowest BCUT2D eigenvalue weighted by Gasteiger charge is -2.15. The van der Waals surface area contributed by atoms with Crippen LogP contribution >= 0.6 is 0 Å². The summed E-state index contributed by atoms with van der Waals surface area (Å²) in [5.74, 6) is 0.759. The number of methoxy groups -OCH3 is 4. The van der Waals surface area contributed by atoms with E-state index in [1.54, 1.807) is 24.3 Å². The van der Waals surface area contributed by atoms with E-state index in [2.05, 4.69) is 0 Å². The SMILES string of the molecule is COc1cccc(-c2oc3cc(OC)c(OC)c(OC)c3c(=O)c2O)c1. The Bertz CT molecular complexity index is 1020. The zero-order valence-corrected chi connectivity index (χ0v) is 14.8. The van der Waals surface area contributed by atoms with E-state index in [9.17, 15) is 9.90 Å². The van der Waals surface area contributed by atoms with E-state index in [1.165, 1.54) is 34.5 Å². The lowest BCUT2D eigenvalue weighted by atomic mass is 10.1. The molecule has 1 aromatic heterocycles. The molecule has 0 unspecified atom stereocenters. The van der Waals surface area contributed by atoms with Crippen molar-refractivity contribution in [2.75, 3.05) is 28.4 Å². The maximum Gasteiger partial charge on any atom is 0.238 e. The minimum absolute atomic E-state index is 0.0238. The summed E-state index contributed by atoms with van der Waals surface area (Å²) in [7, 11) is 5.81. The van der Waals surface area contributed by atoms with Crippen molar-refractivity contribution in [2.24, 2.45) is 0 Å². The van der Waals surface area contributed by atoms with Crippen LogP contribution in [0.2, 0.25) is 0 Å². The van der Waals surface area contributed by atoms with Gasteiger partial charge in [0.15, 0.2) is 17.3 Å². The molecule has 3 rings (SSSR count). The minimum atomic E-state index is -0.637. The minimum Gasteiger partial charge on any atom is -0.502 e. The van der Waals surface area contributed by atoms with Gasteiger partial charge < -0.3 is 28.5 Å². The monoisotopic (exact) mass is 358 g/mol. The maximum absolute atomic E-state index is 12.8. The van der Waals surface area contributed by atoms with Crippen molar-refractivity contribution in [3.8, 4) is 40.1 Å². The molecule has 0 saturated carbocycles. The maximum atomic E-state index is 12.8. The molecule has 0 spiro atoms. The summed E-state index contributed by atoms with van der Waals surface area (Å²) < 4.78 is 26.9. The van der Waals surface area contributed by atoms with Crippen LogP contribution in [-0.4, -0.2) is 33.5 Å². The Labute approximate surface area is 149 Å². The van der Waals surface area contributed by atoms with Gasteiger partial charge in [-0.3, -0.25) is 4.79 Å². The molecule has 0 amide bonds. The molecule has 0 fully saturated rings. The fourth-order valence-corrected chi connectivity index (χ4v) is 2.77. The Hall–Kier alpha value is -3.35.